The van der Waals surface area contributed by atoms with Crippen LogP contribution >= 0.6 is 0 Å². The summed E-state index contributed by atoms with van der Waals surface area (Å²) in [5.41, 5.74) is 0.814. The van der Waals surface area contributed by atoms with E-state index in [0.29, 0.717) is 0 Å². The Morgan fingerprint density at radius 2 is 1.70 bits per heavy atom. The molecule has 2 atom stereocenters. The number of aliphatic hydroxyl groups excluding tert-OH is 1. The number of nitrogens with one attached hydrogen (secondary N) is 1. The Bertz CT molecular complexity index is 611. The number of aliphatic hydroxyl groups is 1. The highest BCUT2D eigenvalue weighted by atomic mass is 19.1. The molecule has 0 fully saturated rings. The minimum absolute atomic E-state index is 0.0490. The van der Waals surface area contributed by atoms with Gasteiger partial charge in [0.1, 0.15) is 17.4 Å². The molecular formula is C18H21F2NO2. The zero-order valence-electron chi connectivity index (χ0n) is 13.2. The highest BCUT2D eigenvalue weighted by Crippen LogP contribution is 2.20. The molecule has 0 amide bonds. The van der Waals surface area contributed by atoms with Crippen LogP contribution in [0.5, 0.6) is 5.75 Å². The third kappa shape index (κ3) is 4.74. The molecule has 2 aromatic rings. The molecule has 0 bridgehead atoms. The second-order valence-corrected chi connectivity index (χ2v) is 5.51. The summed E-state index contributed by atoms with van der Waals surface area (Å²) in [6, 6.07) is 11.3. The van der Waals surface area contributed by atoms with Crippen molar-refractivity contribution in [2.45, 2.75) is 25.5 Å². The summed E-state index contributed by atoms with van der Waals surface area (Å²) in [5.74, 6) is -0.677. The van der Waals surface area contributed by atoms with Crippen molar-refractivity contribution >= 4 is 0 Å². The quantitative estimate of drug-likeness (QED) is 0.823. The molecule has 23 heavy (non-hydrogen) atoms. The van der Waals surface area contributed by atoms with Gasteiger partial charge in [-0.2, -0.15) is 0 Å². The van der Waals surface area contributed by atoms with Gasteiger partial charge in [-0.3, -0.25) is 0 Å². The molecule has 0 radical (unpaired) electrons. The van der Waals surface area contributed by atoms with Crippen molar-refractivity contribution in [1.29, 1.82) is 0 Å². The molecule has 0 aliphatic carbocycles. The first-order valence-corrected chi connectivity index (χ1v) is 7.49. The normalized spacial score (nSPS) is 13.6. The molecular weight excluding hydrogens is 300 g/mol. The number of methoxy groups -OCH3 is 1. The van der Waals surface area contributed by atoms with Crippen LogP contribution in [0.2, 0.25) is 0 Å². The average Bonchev–Trinajstić information content (AvgIpc) is 2.53. The molecule has 5 heteroatoms. The maximum atomic E-state index is 13.6. The largest absolute Gasteiger partial charge is 0.497 e. The maximum absolute atomic E-state index is 13.6. The molecule has 124 valence electrons. The van der Waals surface area contributed by atoms with E-state index in [9.17, 15) is 13.9 Å². The number of ether oxygens (including phenoxy) is 1. The summed E-state index contributed by atoms with van der Waals surface area (Å²) in [4.78, 5) is 0. The fourth-order valence-corrected chi connectivity index (χ4v) is 2.43. The van der Waals surface area contributed by atoms with E-state index in [0.717, 1.165) is 29.9 Å². The molecule has 3 nitrogen and oxygen atoms in total. The van der Waals surface area contributed by atoms with Crippen LogP contribution in [0.4, 0.5) is 8.78 Å². The Labute approximate surface area is 134 Å². The Kier molecular flexibility index (Phi) is 6.07. The van der Waals surface area contributed by atoms with Gasteiger partial charge in [-0.1, -0.05) is 18.2 Å². The second-order valence-electron chi connectivity index (χ2n) is 5.51. The summed E-state index contributed by atoms with van der Waals surface area (Å²) in [6.45, 7) is 2.03. The lowest BCUT2D eigenvalue weighted by atomic mass is 10.1. The van der Waals surface area contributed by atoms with E-state index in [2.05, 4.69) is 5.32 Å². The van der Waals surface area contributed by atoms with Gasteiger partial charge in [0, 0.05) is 12.6 Å². The standard InChI is InChI=1S/C18H21F2NO2/c1-12(10-13-6-8-14(23-2)9-7-13)21-11-17(22)18-15(19)4-3-5-16(18)20/h3-9,12,17,21-22H,10-11H2,1-2H3. The SMILES string of the molecule is COc1ccc(CC(C)NCC(O)c2c(F)cccc2F)cc1. The Morgan fingerprint density at radius 1 is 1.09 bits per heavy atom. The van der Waals surface area contributed by atoms with Crippen molar-refractivity contribution in [2.75, 3.05) is 13.7 Å². The van der Waals surface area contributed by atoms with E-state index in [1.165, 1.54) is 6.07 Å². The molecule has 0 saturated heterocycles. The predicted molar refractivity (Wildman–Crippen MR) is 85.5 cm³/mol. The van der Waals surface area contributed by atoms with Crippen LogP contribution < -0.4 is 10.1 Å². The van der Waals surface area contributed by atoms with Crippen LogP contribution in [-0.4, -0.2) is 24.8 Å². The van der Waals surface area contributed by atoms with Crippen LogP contribution in [0.3, 0.4) is 0 Å². The number of benzene rings is 2. The Hall–Kier alpha value is -1.98. The lowest BCUT2D eigenvalue weighted by molar-refractivity contribution is 0.161. The minimum atomic E-state index is -1.23. The van der Waals surface area contributed by atoms with E-state index < -0.39 is 17.7 Å². The highest BCUT2D eigenvalue weighted by Gasteiger charge is 2.18. The van der Waals surface area contributed by atoms with Crippen molar-refractivity contribution in [2.24, 2.45) is 0 Å². The third-order valence-corrected chi connectivity index (χ3v) is 3.69. The summed E-state index contributed by atoms with van der Waals surface area (Å²) >= 11 is 0. The van der Waals surface area contributed by atoms with Crippen molar-refractivity contribution in [3.8, 4) is 5.75 Å². The van der Waals surface area contributed by atoms with Crippen LogP contribution in [0.15, 0.2) is 42.5 Å². The average molecular weight is 321 g/mol. The molecule has 2 rings (SSSR count). The lowest BCUT2D eigenvalue weighted by Gasteiger charge is -2.18. The third-order valence-electron chi connectivity index (χ3n) is 3.69. The molecule has 2 unspecified atom stereocenters. The first-order valence-electron chi connectivity index (χ1n) is 7.49. The molecule has 2 N–H and O–H groups in total. The number of hydrogen-bond acceptors (Lipinski definition) is 3. The van der Waals surface area contributed by atoms with Crippen LogP contribution in [0, 0.1) is 11.6 Å². The summed E-state index contributed by atoms with van der Waals surface area (Å²) in [5, 5.41) is 13.1. The van der Waals surface area contributed by atoms with Crippen LogP contribution in [0.1, 0.15) is 24.2 Å². The van der Waals surface area contributed by atoms with Gasteiger partial charge >= 0.3 is 0 Å². The monoisotopic (exact) mass is 321 g/mol. The molecule has 0 aromatic heterocycles. The van der Waals surface area contributed by atoms with Crippen LogP contribution in [0.25, 0.3) is 0 Å². The maximum Gasteiger partial charge on any atom is 0.131 e. The summed E-state index contributed by atoms with van der Waals surface area (Å²) in [7, 11) is 1.61. The molecule has 0 heterocycles. The lowest BCUT2D eigenvalue weighted by Crippen LogP contribution is -2.32. The summed E-state index contributed by atoms with van der Waals surface area (Å²) in [6.07, 6.45) is -0.495. The fraction of sp³-hybridized carbons (Fsp3) is 0.333. The first-order chi connectivity index (χ1) is 11.0. The van der Waals surface area contributed by atoms with Gasteiger partial charge < -0.3 is 15.2 Å². The Balaban J connectivity index is 1.89. The van der Waals surface area contributed by atoms with Gasteiger partial charge in [-0.05, 0) is 43.2 Å². The predicted octanol–water partition coefficient (Wildman–Crippen LogP) is 3.23. The molecule has 0 spiro atoms. The van der Waals surface area contributed by atoms with Crippen molar-refractivity contribution < 1.29 is 18.6 Å². The van der Waals surface area contributed by atoms with E-state index in [1.807, 2.05) is 31.2 Å². The fourth-order valence-electron chi connectivity index (χ4n) is 2.43. The van der Waals surface area contributed by atoms with Gasteiger partial charge in [0.15, 0.2) is 0 Å². The van der Waals surface area contributed by atoms with Gasteiger partial charge in [0.2, 0.25) is 0 Å². The Morgan fingerprint density at radius 3 is 2.26 bits per heavy atom. The van der Waals surface area contributed by atoms with Gasteiger partial charge in [0.25, 0.3) is 0 Å². The van der Waals surface area contributed by atoms with Crippen molar-refractivity contribution in [3.05, 3.63) is 65.2 Å². The minimum Gasteiger partial charge on any atom is -0.497 e. The van der Waals surface area contributed by atoms with E-state index in [1.54, 1.807) is 7.11 Å². The van der Waals surface area contributed by atoms with Gasteiger partial charge in [-0.25, -0.2) is 8.78 Å². The zero-order valence-corrected chi connectivity index (χ0v) is 13.2. The zero-order chi connectivity index (χ0) is 16.8. The smallest absolute Gasteiger partial charge is 0.131 e. The molecule has 0 aliphatic rings. The van der Waals surface area contributed by atoms with E-state index >= 15 is 0 Å². The van der Waals surface area contributed by atoms with Gasteiger partial charge in [-0.15, -0.1) is 0 Å². The second kappa shape index (κ2) is 8.04. The molecule has 0 saturated carbocycles. The molecule has 2 aromatic carbocycles. The van der Waals surface area contributed by atoms with E-state index in [4.69, 9.17) is 4.74 Å². The number of halogens is 2. The number of hydrogen-bond donors (Lipinski definition) is 2. The number of rotatable bonds is 7. The highest BCUT2D eigenvalue weighted by molar-refractivity contribution is 5.27. The van der Waals surface area contributed by atoms with Crippen LogP contribution in [-0.2, 0) is 6.42 Å². The molecule has 0 aliphatic heterocycles. The first kappa shape index (κ1) is 17.4. The van der Waals surface area contributed by atoms with Gasteiger partial charge in [0.05, 0.1) is 18.8 Å². The summed E-state index contributed by atoms with van der Waals surface area (Å²) < 4.78 is 32.3. The van der Waals surface area contributed by atoms with Crippen molar-refractivity contribution in [3.63, 3.8) is 0 Å². The van der Waals surface area contributed by atoms with E-state index in [-0.39, 0.29) is 18.2 Å². The van der Waals surface area contributed by atoms with Crippen molar-refractivity contribution in [1.82, 2.24) is 5.32 Å². The topological polar surface area (TPSA) is 41.5 Å².